The third kappa shape index (κ3) is 6.04. The summed E-state index contributed by atoms with van der Waals surface area (Å²) >= 11 is 2.51. The Bertz CT molecular complexity index is 2250. The molecule has 6 aromatic rings. The van der Waals surface area contributed by atoms with E-state index in [0.717, 1.165) is 33.7 Å². The molecule has 2 heterocycles. The van der Waals surface area contributed by atoms with Crippen LogP contribution >= 0.6 is 22.7 Å². The highest BCUT2D eigenvalue weighted by Crippen LogP contribution is 2.38. The molecule has 0 radical (unpaired) electrons. The summed E-state index contributed by atoms with van der Waals surface area (Å²) in [5, 5.41) is 1.20. The van der Waals surface area contributed by atoms with Crippen molar-refractivity contribution in [2.75, 3.05) is 4.72 Å². The summed E-state index contributed by atoms with van der Waals surface area (Å²) in [7, 11) is -8.80. The van der Waals surface area contributed by atoms with Crippen LogP contribution in [0.15, 0.2) is 88.7 Å². The van der Waals surface area contributed by atoms with Gasteiger partial charge in [0.15, 0.2) is 0 Å². The molecular weight excluding hydrogens is 658 g/mol. The van der Waals surface area contributed by atoms with Crippen molar-refractivity contribution in [1.82, 2.24) is 16.1 Å². The first-order valence-electron chi connectivity index (χ1n) is 12.3. The van der Waals surface area contributed by atoms with Crippen molar-refractivity contribution in [2.24, 2.45) is 0 Å². The van der Waals surface area contributed by atoms with Crippen LogP contribution in [0, 0.1) is 6.92 Å². The van der Waals surface area contributed by atoms with Gasteiger partial charge in [0.25, 0.3) is 10.0 Å². The Balaban J connectivity index is 0.00000384. The monoisotopic (exact) mass is 678 g/mol. The number of alkyl halides is 3. The standard InChI is InChI=1S/C28H18F3N3O5S4.H3N/c1-15-2-12-22-24(25(15)43(37,38)39)41-27(33-22)17-5-13-21-23(14-17)40-26(32-21)16-3-8-19(9-4-16)34-42(35,36)20-10-6-18(7-11-20)28(29,30)31;/h2-14,34H,1H3,(H,37,38,39);1H3. The third-order valence-corrected chi connectivity index (χ3v) is 11.2. The van der Waals surface area contributed by atoms with E-state index in [9.17, 15) is 34.6 Å². The number of aromatic nitrogens is 2. The zero-order chi connectivity index (χ0) is 30.7. The number of sulfonamides is 1. The molecule has 0 spiro atoms. The minimum atomic E-state index is -4.69. The van der Waals surface area contributed by atoms with Gasteiger partial charge >= 0.3 is 6.18 Å². The minimum Gasteiger partial charge on any atom is -0.744 e. The largest absolute Gasteiger partial charge is 0.744 e. The fourth-order valence-electron chi connectivity index (χ4n) is 4.40. The van der Waals surface area contributed by atoms with E-state index in [0.29, 0.717) is 49.0 Å². The lowest BCUT2D eigenvalue weighted by molar-refractivity contribution is -0.137. The molecule has 228 valence electrons. The van der Waals surface area contributed by atoms with Crippen molar-refractivity contribution < 1.29 is 34.6 Å². The lowest BCUT2D eigenvalue weighted by Crippen LogP contribution is -2.13. The van der Waals surface area contributed by atoms with Crippen LogP contribution in [-0.4, -0.2) is 31.4 Å². The number of rotatable bonds is 6. The van der Waals surface area contributed by atoms with Crippen molar-refractivity contribution in [3.63, 3.8) is 0 Å². The zero-order valence-corrected chi connectivity index (χ0v) is 26.0. The summed E-state index contributed by atoms with van der Waals surface area (Å²) in [6, 6.07) is 18.3. The molecule has 0 bridgehead atoms. The smallest absolute Gasteiger partial charge is 0.416 e. The van der Waals surface area contributed by atoms with Crippen LogP contribution < -0.4 is 10.9 Å². The van der Waals surface area contributed by atoms with Crippen LogP contribution in [0.25, 0.3) is 41.6 Å². The average molecular weight is 679 g/mol. The number of quaternary nitrogens is 1. The molecule has 0 aliphatic carbocycles. The van der Waals surface area contributed by atoms with Crippen LogP contribution in [0.5, 0.6) is 0 Å². The van der Waals surface area contributed by atoms with E-state index in [1.165, 1.54) is 23.5 Å². The van der Waals surface area contributed by atoms with Crippen LogP contribution in [0.2, 0.25) is 0 Å². The first-order chi connectivity index (χ1) is 20.2. The number of nitrogens with one attached hydrogen (secondary N) is 1. The molecule has 0 saturated heterocycles. The van der Waals surface area contributed by atoms with Crippen molar-refractivity contribution in [3.8, 4) is 21.1 Å². The van der Waals surface area contributed by atoms with Gasteiger partial charge in [0.1, 0.15) is 20.1 Å². The summed E-state index contributed by atoms with van der Waals surface area (Å²) in [5.74, 6) is 0. The van der Waals surface area contributed by atoms with Gasteiger partial charge in [0.05, 0.1) is 35.8 Å². The quantitative estimate of drug-likeness (QED) is 0.171. The van der Waals surface area contributed by atoms with E-state index in [4.69, 9.17) is 0 Å². The summed E-state index contributed by atoms with van der Waals surface area (Å²) in [6.07, 6.45) is -4.57. The predicted octanol–water partition coefficient (Wildman–Crippen LogP) is 7.65. The number of benzene rings is 4. The maximum absolute atomic E-state index is 12.8. The van der Waals surface area contributed by atoms with Crippen molar-refractivity contribution in [3.05, 3.63) is 90.0 Å². The third-order valence-electron chi connectivity index (χ3n) is 6.47. The van der Waals surface area contributed by atoms with E-state index < -0.39 is 31.9 Å². The molecule has 0 aliphatic heterocycles. The van der Waals surface area contributed by atoms with Crippen LogP contribution in [0.1, 0.15) is 11.1 Å². The number of hydrogen-bond acceptors (Lipinski definition) is 9. The number of thiazole rings is 2. The van der Waals surface area contributed by atoms with Gasteiger partial charge in [0.2, 0.25) is 0 Å². The summed E-state index contributed by atoms with van der Waals surface area (Å²) < 4.78 is 103. The molecule has 16 heteroatoms. The molecule has 5 N–H and O–H groups in total. The SMILES string of the molecule is Cc1ccc2nc(-c3ccc4nc(-c5ccc(NS(=O)(=O)c6ccc(C(F)(F)F)cc6)cc5)sc4c3)sc2c1S(=O)(=O)[O-].[NH4+]. The van der Waals surface area contributed by atoms with Crippen molar-refractivity contribution >= 4 is 68.9 Å². The first kappa shape index (κ1) is 31.5. The van der Waals surface area contributed by atoms with Crippen LogP contribution in [-0.2, 0) is 26.3 Å². The van der Waals surface area contributed by atoms with Crippen molar-refractivity contribution in [2.45, 2.75) is 22.9 Å². The van der Waals surface area contributed by atoms with E-state index >= 15 is 0 Å². The van der Waals surface area contributed by atoms with E-state index in [1.54, 1.807) is 43.3 Å². The Morgan fingerprint density at radius 3 is 2.00 bits per heavy atom. The second kappa shape index (κ2) is 11.2. The molecule has 0 amide bonds. The normalized spacial score (nSPS) is 12.4. The molecule has 0 aliphatic rings. The average Bonchev–Trinajstić information content (AvgIpc) is 3.56. The summed E-state index contributed by atoms with van der Waals surface area (Å²) in [5.41, 5.74) is 2.19. The van der Waals surface area contributed by atoms with Gasteiger partial charge in [-0.05, 0) is 85.3 Å². The van der Waals surface area contributed by atoms with Gasteiger partial charge in [-0.2, -0.15) is 13.2 Å². The van der Waals surface area contributed by atoms with Gasteiger partial charge in [0, 0.05) is 16.8 Å². The molecule has 4 aromatic carbocycles. The Labute approximate surface area is 257 Å². The molecule has 44 heavy (non-hydrogen) atoms. The lowest BCUT2D eigenvalue weighted by Gasteiger charge is -2.10. The number of aryl methyl sites for hydroxylation is 1. The Morgan fingerprint density at radius 1 is 0.773 bits per heavy atom. The fraction of sp³-hybridized carbons (Fsp3) is 0.0714. The molecule has 0 atom stereocenters. The number of fused-ring (bicyclic) bond motifs is 2. The molecule has 9 nitrogen and oxygen atoms in total. The predicted molar refractivity (Wildman–Crippen MR) is 165 cm³/mol. The Hall–Kier alpha value is -3.93. The van der Waals surface area contributed by atoms with Gasteiger partial charge < -0.3 is 10.7 Å². The number of halogens is 3. The molecule has 0 fully saturated rings. The van der Waals surface area contributed by atoms with Gasteiger partial charge in [-0.3, -0.25) is 4.72 Å². The highest BCUT2D eigenvalue weighted by atomic mass is 32.2. The minimum absolute atomic E-state index is 0. The second-order valence-electron chi connectivity index (χ2n) is 9.44. The van der Waals surface area contributed by atoms with Gasteiger partial charge in [-0.1, -0.05) is 6.07 Å². The second-order valence-corrected chi connectivity index (χ2v) is 14.5. The number of hydrogen-bond donors (Lipinski definition) is 2. The Kier molecular flexibility index (Phi) is 8.02. The molecule has 0 saturated carbocycles. The molecule has 6 rings (SSSR count). The van der Waals surface area contributed by atoms with Gasteiger partial charge in [-0.25, -0.2) is 26.8 Å². The highest BCUT2D eigenvalue weighted by molar-refractivity contribution is 7.92. The van der Waals surface area contributed by atoms with Crippen LogP contribution in [0.4, 0.5) is 18.9 Å². The summed E-state index contributed by atoms with van der Waals surface area (Å²) in [4.78, 5) is 8.62. The van der Waals surface area contributed by atoms with E-state index in [1.807, 2.05) is 6.07 Å². The zero-order valence-electron chi connectivity index (χ0n) is 22.7. The maximum Gasteiger partial charge on any atom is 0.416 e. The maximum atomic E-state index is 12.8. The van der Waals surface area contributed by atoms with E-state index in [2.05, 4.69) is 14.7 Å². The molecule has 2 aromatic heterocycles. The topological polar surface area (TPSA) is 166 Å². The highest BCUT2D eigenvalue weighted by Gasteiger charge is 2.30. The van der Waals surface area contributed by atoms with E-state index in [-0.39, 0.29) is 21.6 Å². The lowest BCUT2D eigenvalue weighted by atomic mass is 10.2. The van der Waals surface area contributed by atoms with Crippen molar-refractivity contribution in [1.29, 1.82) is 0 Å². The molecule has 0 unspecified atom stereocenters. The number of anilines is 1. The fourth-order valence-corrected chi connectivity index (χ4v) is 8.75. The van der Waals surface area contributed by atoms with Gasteiger partial charge in [-0.15, -0.1) is 22.7 Å². The van der Waals surface area contributed by atoms with Crippen LogP contribution in [0.3, 0.4) is 0 Å². The summed E-state index contributed by atoms with van der Waals surface area (Å²) in [6.45, 7) is 1.56. The molecular formula is C28H21F3N4O5S4. The number of nitrogens with zero attached hydrogens (tertiary/aromatic N) is 2. The first-order valence-corrected chi connectivity index (χ1v) is 16.8. The Morgan fingerprint density at radius 2 is 1.36 bits per heavy atom.